The monoisotopic (exact) mass is 469 g/mol. The first-order valence-corrected chi connectivity index (χ1v) is 12.4. The van der Waals surface area contributed by atoms with E-state index in [1.807, 2.05) is 0 Å². The van der Waals surface area contributed by atoms with Gasteiger partial charge >= 0.3 is 0 Å². The van der Waals surface area contributed by atoms with Crippen LogP contribution in [0.15, 0.2) is 47.4 Å². The highest BCUT2D eigenvalue weighted by atomic mass is 32.2. The Morgan fingerprint density at radius 2 is 1.84 bits per heavy atom. The summed E-state index contributed by atoms with van der Waals surface area (Å²) >= 11 is 0. The second kappa shape index (κ2) is 8.05. The van der Waals surface area contributed by atoms with Crippen LogP contribution in [-0.4, -0.2) is 60.6 Å². The minimum Gasteiger partial charge on any atom is -0.228 e. The Kier molecular flexibility index (Phi) is 5.58. The number of sulfonamides is 1. The maximum absolute atomic E-state index is 14.2. The molecule has 2 aromatic carbocycles. The molecule has 1 saturated heterocycles. The molecule has 9 nitrogen and oxygen atoms in total. The van der Waals surface area contributed by atoms with Gasteiger partial charge in [0.05, 0.1) is 21.5 Å². The molecule has 4 rings (SSSR count). The molecule has 0 aliphatic carbocycles. The number of tetrazole rings is 1. The number of aromatic amines is 1. The maximum Gasteiger partial charge on any atom is 0.243 e. The van der Waals surface area contributed by atoms with Crippen LogP contribution in [0.25, 0.3) is 11.4 Å². The zero-order chi connectivity index (χ0) is 22.2. The third kappa shape index (κ3) is 4.07. The van der Waals surface area contributed by atoms with Crippen LogP contribution in [0.3, 0.4) is 0 Å². The molecule has 0 amide bonds. The van der Waals surface area contributed by atoms with Gasteiger partial charge in [0.25, 0.3) is 0 Å². The van der Waals surface area contributed by atoms with Crippen molar-refractivity contribution < 1.29 is 25.6 Å². The van der Waals surface area contributed by atoms with Crippen molar-refractivity contribution in [3.63, 3.8) is 0 Å². The molecule has 0 bridgehead atoms. The zero-order valence-electron chi connectivity index (χ0n) is 15.9. The fraction of sp³-hybridized carbons (Fsp3) is 0.278. The Morgan fingerprint density at radius 3 is 2.55 bits per heavy atom. The number of sulfone groups is 1. The Labute approximate surface area is 177 Å². The van der Waals surface area contributed by atoms with Gasteiger partial charge in [-0.3, -0.25) is 0 Å². The molecule has 164 valence electrons. The smallest absolute Gasteiger partial charge is 0.228 e. The van der Waals surface area contributed by atoms with Crippen molar-refractivity contribution in [3.05, 3.63) is 59.7 Å². The van der Waals surface area contributed by atoms with Gasteiger partial charge in [-0.2, -0.15) is 9.52 Å². The molecule has 1 N–H and O–H groups in total. The van der Waals surface area contributed by atoms with Crippen molar-refractivity contribution in [2.24, 2.45) is 0 Å². The largest absolute Gasteiger partial charge is 0.243 e. The van der Waals surface area contributed by atoms with E-state index in [9.17, 15) is 25.6 Å². The van der Waals surface area contributed by atoms with Gasteiger partial charge in [-0.25, -0.2) is 25.6 Å². The van der Waals surface area contributed by atoms with Crippen LogP contribution in [0.1, 0.15) is 17.2 Å². The molecule has 0 saturated carbocycles. The van der Waals surface area contributed by atoms with E-state index in [-0.39, 0.29) is 41.4 Å². The van der Waals surface area contributed by atoms with E-state index in [4.69, 9.17) is 0 Å². The number of nitrogens with one attached hydrogen (secondary N) is 1. The van der Waals surface area contributed by atoms with Crippen LogP contribution < -0.4 is 0 Å². The predicted octanol–water partition coefficient (Wildman–Crippen LogP) is 1.70. The Balaban J connectivity index is 1.66. The number of aromatic nitrogens is 4. The molecular weight excluding hydrogens is 452 g/mol. The van der Waals surface area contributed by atoms with Gasteiger partial charge < -0.3 is 0 Å². The highest BCUT2D eigenvalue weighted by molar-refractivity contribution is 7.92. The molecule has 1 aromatic heterocycles. The van der Waals surface area contributed by atoms with E-state index >= 15 is 0 Å². The van der Waals surface area contributed by atoms with Crippen LogP contribution >= 0.6 is 0 Å². The van der Waals surface area contributed by atoms with Crippen molar-refractivity contribution in [1.82, 2.24) is 24.9 Å². The van der Waals surface area contributed by atoms with Crippen LogP contribution in [0, 0.1) is 11.6 Å². The molecule has 1 atom stereocenters. The molecule has 3 aromatic rings. The van der Waals surface area contributed by atoms with Crippen molar-refractivity contribution in [2.45, 2.75) is 16.6 Å². The van der Waals surface area contributed by atoms with Crippen molar-refractivity contribution in [1.29, 1.82) is 0 Å². The van der Waals surface area contributed by atoms with E-state index in [0.29, 0.717) is 0 Å². The average Bonchev–Trinajstić information content (AvgIpc) is 3.20. The van der Waals surface area contributed by atoms with E-state index in [0.717, 1.165) is 22.5 Å². The lowest BCUT2D eigenvalue weighted by atomic mass is 10.1. The van der Waals surface area contributed by atoms with Gasteiger partial charge in [-0.15, -0.1) is 10.2 Å². The Bertz CT molecular complexity index is 1310. The molecule has 0 radical (unpaired) electrons. The van der Waals surface area contributed by atoms with Crippen molar-refractivity contribution in [2.75, 3.05) is 18.8 Å². The number of hydrogen-bond donors (Lipinski definition) is 1. The summed E-state index contributed by atoms with van der Waals surface area (Å²) in [5.41, 5.74) is -0.149. The second-order valence-electron chi connectivity index (χ2n) is 6.95. The molecule has 2 heterocycles. The summed E-state index contributed by atoms with van der Waals surface area (Å²) in [4.78, 5) is -0.240. The van der Waals surface area contributed by atoms with Gasteiger partial charge in [0, 0.05) is 18.7 Å². The van der Waals surface area contributed by atoms with Gasteiger partial charge in [-0.1, -0.05) is 18.2 Å². The molecule has 1 fully saturated rings. The summed E-state index contributed by atoms with van der Waals surface area (Å²) in [6.07, 6.45) is -0.110. The lowest BCUT2D eigenvalue weighted by molar-refractivity contribution is 0.427. The summed E-state index contributed by atoms with van der Waals surface area (Å²) in [5, 5.41) is 11.7. The van der Waals surface area contributed by atoms with Gasteiger partial charge in [0.1, 0.15) is 11.6 Å². The minimum absolute atomic E-state index is 0.0166. The normalized spacial score (nSPS) is 19.7. The first kappa shape index (κ1) is 21.5. The third-order valence-electron chi connectivity index (χ3n) is 5.11. The summed E-state index contributed by atoms with van der Waals surface area (Å²) < 4.78 is 81.2. The number of benzene rings is 2. The number of H-pyrrole nitrogens is 1. The average molecular weight is 469 g/mol. The van der Waals surface area contributed by atoms with E-state index in [1.165, 1.54) is 24.3 Å². The molecule has 1 unspecified atom stereocenters. The minimum atomic E-state index is -4.16. The molecule has 31 heavy (non-hydrogen) atoms. The SMILES string of the molecule is O=S1(=O)CCN(S(=O)(=O)c2ccc(F)c(-c3nn[nH]n3)c2)CCC1c1ccccc1F. The van der Waals surface area contributed by atoms with Crippen LogP contribution in [0.4, 0.5) is 8.78 Å². The highest BCUT2D eigenvalue weighted by Crippen LogP contribution is 2.33. The van der Waals surface area contributed by atoms with E-state index in [1.54, 1.807) is 0 Å². The fourth-order valence-corrected chi connectivity index (χ4v) is 6.91. The number of halogens is 2. The zero-order valence-corrected chi connectivity index (χ0v) is 17.6. The van der Waals surface area contributed by atoms with Gasteiger partial charge in [0.15, 0.2) is 9.84 Å². The van der Waals surface area contributed by atoms with Crippen LogP contribution in [0.2, 0.25) is 0 Å². The van der Waals surface area contributed by atoms with Crippen molar-refractivity contribution in [3.8, 4) is 11.4 Å². The lowest BCUT2D eigenvalue weighted by Gasteiger charge is -2.20. The topological polar surface area (TPSA) is 126 Å². The van der Waals surface area contributed by atoms with E-state index in [2.05, 4.69) is 20.6 Å². The fourth-order valence-electron chi connectivity index (χ4n) is 3.51. The molecule has 13 heteroatoms. The molecular formula is C18H17F2N5O4S2. The first-order chi connectivity index (χ1) is 14.7. The first-order valence-electron chi connectivity index (χ1n) is 9.19. The number of rotatable bonds is 4. The third-order valence-corrected chi connectivity index (χ3v) is 9.12. The summed E-state index contributed by atoms with van der Waals surface area (Å²) in [6.45, 7) is -0.444. The molecule has 1 aliphatic heterocycles. The summed E-state index contributed by atoms with van der Waals surface area (Å²) in [7, 11) is -7.96. The number of nitrogens with zero attached hydrogens (tertiary/aromatic N) is 4. The number of hydrogen-bond acceptors (Lipinski definition) is 7. The van der Waals surface area contributed by atoms with Crippen LogP contribution in [-0.2, 0) is 19.9 Å². The predicted molar refractivity (Wildman–Crippen MR) is 106 cm³/mol. The lowest BCUT2D eigenvalue weighted by Crippen LogP contribution is -2.33. The van der Waals surface area contributed by atoms with Gasteiger partial charge in [-0.05, 0) is 35.9 Å². The van der Waals surface area contributed by atoms with Crippen LogP contribution in [0.5, 0.6) is 0 Å². The Hall–Kier alpha value is -2.77. The van der Waals surface area contributed by atoms with E-state index < -0.39 is 42.5 Å². The Morgan fingerprint density at radius 1 is 1.06 bits per heavy atom. The summed E-state index contributed by atoms with van der Waals surface area (Å²) in [6, 6.07) is 8.67. The molecule has 1 aliphatic rings. The maximum atomic E-state index is 14.2. The van der Waals surface area contributed by atoms with Crippen molar-refractivity contribution >= 4 is 19.9 Å². The summed E-state index contributed by atoms with van der Waals surface area (Å²) in [5.74, 6) is -1.98. The second-order valence-corrected chi connectivity index (χ2v) is 11.2. The quantitative estimate of drug-likeness (QED) is 0.616. The standard InChI is InChI=1S/C18H17F2N5O4S2/c19-15-4-2-1-3-13(15)17-7-8-25(9-10-30(17,26)27)31(28,29)12-5-6-16(20)14(11-12)18-21-23-24-22-18/h1-6,11,17H,7-10H2,(H,21,22,23,24). The molecule has 0 spiro atoms. The van der Waals surface area contributed by atoms with Gasteiger partial charge in [0.2, 0.25) is 15.8 Å². The highest BCUT2D eigenvalue weighted by Gasteiger charge is 2.37.